The maximum atomic E-state index is 14.5. The second-order valence-electron chi connectivity index (χ2n) is 17.8. The van der Waals surface area contributed by atoms with Gasteiger partial charge in [0.25, 0.3) is 0 Å². The Labute approximate surface area is 353 Å². The molecule has 334 valence electrons. The first-order valence-corrected chi connectivity index (χ1v) is 21.1. The molecule has 60 heavy (non-hydrogen) atoms. The third-order valence-corrected chi connectivity index (χ3v) is 13.1. The maximum Gasteiger partial charge on any atom is 0.414 e. The number of hydrogen-bond acceptors (Lipinski definition) is 13. The zero-order valence-electron chi connectivity index (χ0n) is 37.1. The number of amides is 3. The van der Waals surface area contributed by atoms with Crippen molar-refractivity contribution < 1.29 is 57.5 Å². The Kier molecular flexibility index (Phi) is 14.8. The molecule has 3 N–H and O–H groups in total. The number of nitrogens with zero attached hydrogens (tertiary/aromatic N) is 2. The normalized spacial score (nSPS) is 39.0. The Morgan fingerprint density at radius 1 is 1.05 bits per heavy atom. The van der Waals surface area contributed by atoms with Gasteiger partial charge in [0.1, 0.15) is 24.1 Å². The van der Waals surface area contributed by atoms with E-state index in [4.69, 9.17) is 28.4 Å². The van der Waals surface area contributed by atoms with Crippen molar-refractivity contribution in [3.8, 4) is 0 Å². The number of fused-ring (bicyclic) bond motifs is 1. The Morgan fingerprint density at radius 3 is 2.32 bits per heavy atom. The molecule has 15 unspecified atom stereocenters. The molecule has 3 fully saturated rings. The summed E-state index contributed by atoms with van der Waals surface area (Å²) in [5.41, 5.74) is -1.32. The van der Waals surface area contributed by atoms with Crippen LogP contribution in [-0.4, -0.2) is 126 Å². The minimum absolute atomic E-state index is 0.109. The summed E-state index contributed by atoms with van der Waals surface area (Å²) in [6, 6.07) is 5.55. The molecule has 5 rings (SSSR count). The largest absolute Gasteiger partial charge is 0.458 e. The lowest BCUT2D eigenvalue weighted by Crippen LogP contribution is -2.61. The Balaban J connectivity index is 1.59. The van der Waals surface area contributed by atoms with E-state index in [1.165, 1.54) is 18.9 Å². The van der Waals surface area contributed by atoms with Gasteiger partial charge < -0.3 is 49.1 Å². The number of alkyl carbamates (subject to hydrolysis) is 1. The quantitative estimate of drug-likeness (QED) is 0.225. The zero-order chi connectivity index (χ0) is 44.4. The lowest BCUT2D eigenvalue weighted by atomic mass is 9.73. The summed E-state index contributed by atoms with van der Waals surface area (Å²) >= 11 is 0. The summed E-state index contributed by atoms with van der Waals surface area (Å²) in [7, 11) is 5.24. The van der Waals surface area contributed by atoms with E-state index in [1.807, 2.05) is 44.1 Å². The summed E-state index contributed by atoms with van der Waals surface area (Å²) in [4.78, 5) is 71.3. The van der Waals surface area contributed by atoms with E-state index in [1.54, 1.807) is 66.8 Å². The monoisotopic (exact) mass is 842 g/mol. The molecule has 0 aliphatic carbocycles. The highest BCUT2D eigenvalue weighted by atomic mass is 16.7. The number of benzene rings is 1. The third-order valence-electron chi connectivity index (χ3n) is 13.1. The first kappa shape index (κ1) is 47.0. The van der Waals surface area contributed by atoms with E-state index in [2.05, 4.69) is 10.6 Å². The van der Waals surface area contributed by atoms with Gasteiger partial charge in [-0.2, -0.15) is 0 Å². The van der Waals surface area contributed by atoms with Gasteiger partial charge in [0.05, 0.1) is 35.8 Å². The van der Waals surface area contributed by atoms with Gasteiger partial charge in [-0.15, -0.1) is 0 Å². The molecule has 4 heterocycles. The van der Waals surface area contributed by atoms with Crippen LogP contribution in [0.5, 0.6) is 0 Å². The number of carbonyl (C=O) groups is 5. The van der Waals surface area contributed by atoms with Crippen molar-refractivity contribution >= 4 is 35.5 Å². The molecule has 15 atom stereocenters. The highest BCUT2D eigenvalue weighted by Gasteiger charge is 2.58. The topological polar surface area (TPSA) is 191 Å². The summed E-state index contributed by atoms with van der Waals surface area (Å²) in [6.07, 6.45) is -2.42. The van der Waals surface area contributed by atoms with Crippen LogP contribution in [0, 0.1) is 23.7 Å². The van der Waals surface area contributed by atoms with Crippen LogP contribution in [0.2, 0.25) is 0 Å². The fourth-order valence-electron chi connectivity index (χ4n) is 9.71. The van der Waals surface area contributed by atoms with Crippen LogP contribution in [0.1, 0.15) is 99.6 Å². The number of anilines is 1. The number of likely N-dealkylation sites (N-methyl/N-ethyl adjacent to an activating group) is 1. The number of aliphatic hydroxyl groups excluding tert-OH is 1. The average molecular weight is 843 g/mol. The van der Waals surface area contributed by atoms with Crippen molar-refractivity contribution in [2.75, 3.05) is 26.5 Å². The molecule has 0 radical (unpaired) electrons. The zero-order valence-corrected chi connectivity index (χ0v) is 37.1. The molecule has 0 aromatic heterocycles. The third kappa shape index (κ3) is 9.67. The standard InChI is InChI=1S/C44H66N4O12/c1-13-33-44(9)37(46-41(53)60-44)25(4)34(50)23(2)22-43(8,55-12)38(59-40-35(51)32(47(10)11)21-24(3)56-40)26(5)36(27(6)39(52)57-33)58-42(54)48-20-14-15-31(48)29-16-18-30(19-17-29)45-28(7)49/h14,16-20,23-27,31-33,35-38,40,51H,13,15,21-22H2,1-12H3,(H,45,49)(H,46,53). The van der Waals surface area contributed by atoms with Gasteiger partial charge in [0.2, 0.25) is 5.91 Å². The number of methoxy groups -OCH3 is 1. The predicted molar refractivity (Wildman–Crippen MR) is 220 cm³/mol. The number of ether oxygens (including phenoxy) is 6. The molecule has 4 aliphatic rings. The van der Waals surface area contributed by atoms with Crippen molar-refractivity contribution in [1.29, 1.82) is 0 Å². The van der Waals surface area contributed by atoms with Crippen LogP contribution < -0.4 is 10.6 Å². The van der Waals surface area contributed by atoms with E-state index in [9.17, 15) is 29.1 Å². The van der Waals surface area contributed by atoms with Crippen LogP contribution in [-0.2, 0) is 42.8 Å². The van der Waals surface area contributed by atoms with Gasteiger partial charge in [0.15, 0.2) is 11.9 Å². The predicted octanol–water partition coefficient (Wildman–Crippen LogP) is 5.33. The number of aliphatic hydroxyl groups is 1. The molecule has 16 nitrogen and oxygen atoms in total. The number of Topliss-reactive ketones (excluding diaryl/α,β-unsaturated/α-hetero) is 1. The fraction of sp³-hybridized carbons (Fsp3) is 0.705. The van der Waals surface area contributed by atoms with Crippen LogP contribution >= 0.6 is 0 Å². The number of ketones is 1. The average Bonchev–Trinajstić information content (AvgIpc) is 3.81. The van der Waals surface area contributed by atoms with Crippen LogP contribution in [0.25, 0.3) is 0 Å². The van der Waals surface area contributed by atoms with E-state index < -0.39 is 95.8 Å². The highest BCUT2D eigenvalue weighted by Crippen LogP contribution is 2.42. The molecule has 1 aromatic carbocycles. The molecule has 1 aromatic rings. The first-order chi connectivity index (χ1) is 28.1. The second-order valence-corrected chi connectivity index (χ2v) is 17.8. The van der Waals surface area contributed by atoms with Crippen molar-refractivity contribution in [1.82, 2.24) is 15.1 Å². The molecule has 0 spiro atoms. The fourth-order valence-corrected chi connectivity index (χ4v) is 9.71. The van der Waals surface area contributed by atoms with E-state index in [0.717, 1.165) is 5.56 Å². The molecule has 16 heteroatoms. The number of esters is 1. The van der Waals surface area contributed by atoms with E-state index >= 15 is 0 Å². The molecule has 3 amide bonds. The van der Waals surface area contributed by atoms with Crippen molar-refractivity contribution in [3.05, 3.63) is 42.1 Å². The van der Waals surface area contributed by atoms with Gasteiger partial charge in [-0.05, 0) is 85.2 Å². The van der Waals surface area contributed by atoms with Crippen molar-refractivity contribution in [2.24, 2.45) is 23.7 Å². The minimum Gasteiger partial charge on any atom is -0.458 e. The number of rotatable bonds is 8. The lowest BCUT2D eigenvalue weighted by molar-refractivity contribution is -0.301. The molecular weight excluding hydrogens is 776 g/mol. The second kappa shape index (κ2) is 18.9. The summed E-state index contributed by atoms with van der Waals surface area (Å²) in [5.74, 6) is -4.52. The van der Waals surface area contributed by atoms with Crippen LogP contribution in [0.3, 0.4) is 0 Å². The number of nitrogens with one attached hydrogen (secondary N) is 2. The summed E-state index contributed by atoms with van der Waals surface area (Å²) in [6.45, 7) is 15.5. The maximum absolute atomic E-state index is 14.5. The van der Waals surface area contributed by atoms with Crippen LogP contribution in [0.15, 0.2) is 36.5 Å². The van der Waals surface area contributed by atoms with Gasteiger partial charge >= 0.3 is 18.2 Å². The van der Waals surface area contributed by atoms with Crippen molar-refractivity contribution in [2.45, 2.75) is 154 Å². The molecule has 0 bridgehead atoms. The number of hydrogen-bond donors (Lipinski definition) is 3. The van der Waals surface area contributed by atoms with Gasteiger partial charge in [0, 0.05) is 49.7 Å². The number of cyclic esters (lactones) is 1. The molecule has 0 saturated carbocycles. The van der Waals surface area contributed by atoms with E-state index in [0.29, 0.717) is 18.5 Å². The summed E-state index contributed by atoms with van der Waals surface area (Å²) < 4.78 is 37.9. The molecular formula is C44H66N4O12. The molecule has 4 aliphatic heterocycles. The number of carbonyl (C=O) groups excluding carboxylic acids is 5. The Hall–Kier alpha value is -4.09. The SMILES string of the molecule is CCC1OC(=O)C(C)C(OC(=O)N2C=CCC2c2ccc(NC(C)=O)cc2)C(C)C(OC2OC(C)CC(N(C)C)C2O)C(C)(OC)CC(C)C(=O)C(C)C2NC(=O)OC12C. The van der Waals surface area contributed by atoms with Gasteiger partial charge in [-0.1, -0.05) is 45.9 Å². The van der Waals surface area contributed by atoms with E-state index in [-0.39, 0.29) is 36.7 Å². The first-order valence-electron chi connectivity index (χ1n) is 21.1. The smallest absolute Gasteiger partial charge is 0.414 e. The van der Waals surface area contributed by atoms with Crippen LogP contribution in [0.4, 0.5) is 15.3 Å². The summed E-state index contributed by atoms with van der Waals surface area (Å²) in [5, 5.41) is 17.3. The van der Waals surface area contributed by atoms with Crippen molar-refractivity contribution in [3.63, 3.8) is 0 Å². The van der Waals surface area contributed by atoms with Gasteiger partial charge in [-0.25, -0.2) is 9.59 Å². The Bertz CT molecular complexity index is 1760. The molecule has 3 saturated heterocycles. The minimum atomic E-state index is -1.41. The Morgan fingerprint density at radius 2 is 1.72 bits per heavy atom. The van der Waals surface area contributed by atoms with Gasteiger partial charge in [-0.3, -0.25) is 19.3 Å². The highest BCUT2D eigenvalue weighted by molar-refractivity contribution is 5.88. The lowest BCUT2D eigenvalue weighted by Gasteiger charge is -2.48.